The Morgan fingerprint density at radius 1 is 1.33 bits per heavy atom. The van der Waals surface area contributed by atoms with Crippen molar-refractivity contribution in [1.82, 2.24) is 0 Å². The van der Waals surface area contributed by atoms with E-state index in [0.717, 1.165) is 11.8 Å². The van der Waals surface area contributed by atoms with E-state index in [9.17, 15) is 0 Å². The second kappa shape index (κ2) is 3.81. The Hall–Kier alpha value is -0.520. The van der Waals surface area contributed by atoms with Crippen molar-refractivity contribution in [3.8, 4) is 0 Å². The number of fused-ring (bicyclic) bond motifs is 1. The van der Waals surface area contributed by atoms with Crippen molar-refractivity contribution in [1.29, 1.82) is 0 Å². The van der Waals surface area contributed by atoms with Crippen LogP contribution in [0.25, 0.3) is 0 Å². The first kappa shape index (κ1) is 11.0. The molecular weight excluding hydrogens is 180 g/mol. The first-order chi connectivity index (χ1) is 7.00. The summed E-state index contributed by atoms with van der Waals surface area (Å²) in [5.41, 5.74) is 3.68. The summed E-state index contributed by atoms with van der Waals surface area (Å²) in [5, 5.41) is 0. The molecule has 84 valence electrons. The van der Waals surface area contributed by atoms with Gasteiger partial charge in [0.2, 0.25) is 0 Å². The monoisotopic (exact) mass is 204 g/mol. The van der Waals surface area contributed by atoms with Gasteiger partial charge < -0.3 is 0 Å². The van der Waals surface area contributed by atoms with E-state index in [4.69, 9.17) is 0 Å². The van der Waals surface area contributed by atoms with Crippen LogP contribution in [0.15, 0.2) is 23.8 Å². The van der Waals surface area contributed by atoms with Gasteiger partial charge in [-0.3, -0.25) is 0 Å². The maximum absolute atomic E-state index is 4.30. The fraction of sp³-hybridized carbons (Fsp3) is 0.733. The van der Waals surface area contributed by atoms with Gasteiger partial charge in [-0.2, -0.15) is 0 Å². The van der Waals surface area contributed by atoms with Gasteiger partial charge >= 0.3 is 0 Å². The van der Waals surface area contributed by atoms with Crippen molar-refractivity contribution in [2.45, 2.75) is 52.9 Å². The van der Waals surface area contributed by atoms with Crippen LogP contribution in [0.3, 0.4) is 0 Å². The van der Waals surface area contributed by atoms with E-state index in [0.29, 0.717) is 5.41 Å². The fourth-order valence-corrected chi connectivity index (χ4v) is 3.44. The molecule has 1 fully saturated rings. The molecule has 0 radical (unpaired) electrons. The highest BCUT2D eigenvalue weighted by Crippen LogP contribution is 2.56. The Kier molecular flexibility index (Phi) is 2.79. The third-order valence-electron chi connectivity index (χ3n) is 4.57. The second-order valence-electron chi connectivity index (χ2n) is 6.19. The molecule has 0 aromatic carbocycles. The molecule has 2 aliphatic carbocycles. The average molecular weight is 204 g/mol. The minimum absolute atomic E-state index is 0.568. The summed E-state index contributed by atoms with van der Waals surface area (Å²) in [6.45, 7) is 11.4. The smallest absolute Gasteiger partial charge is 0.0167 e. The lowest BCUT2D eigenvalue weighted by molar-refractivity contribution is 0.00384. The molecule has 0 amide bonds. The minimum atomic E-state index is 0.568. The summed E-state index contributed by atoms with van der Waals surface area (Å²) < 4.78 is 0. The maximum atomic E-state index is 4.30. The van der Waals surface area contributed by atoms with E-state index in [1.165, 1.54) is 37.7 Å². The molecule has 0 aromatic heterocycles. The molecule has 0 saturated heterocycles. The summed E-state index contributed by atoms with van der Waals surface area (Å²) in [7, 11) is 0. The molecule has 0 N–H and O–H groups in total. The summed E-state index contributed by atoms with van der Waals surface area (Å²) in [4.78, 5) is 0. The summed E-state index contributed by atoms with van der Waals surface area (Å²) in [5.74, 6) is 1.73. The lowest BCUT2D eigenvalue weighted by Gasteiger charge is -2.53. The first-order valence-corrected chi connectivity index (χ1v) is 6.34. The Labute approximate surface area is 94.5 Å². The van der Waals surface area contributed by atoms with E-state index < -0.39 is 0 Å². The highest BCUT2D eigenvalue weighted by molar-refractivity contribution is 5.16. The number of rotatable bonds is 0. The van der Waals surface area contributed by atoms with Crippen LogP contribution < -0.4 is 0 Å². The number of hydrogen-bond donors (Lipinski definition) is 0. The average Bonchev–Trinajstić information content (AvgIpc) is 2.18. The number of allylic oxidation sites excluding steroid dienone is 3. The molecule has 1 saturated carbocycles. The van der Waals surface area contributed by atoms with Crippen LogP contribution in [0.2, 0.25) is 0 Å². The van der Waals surface area contributed by atoms with Crippen molar-refractivity contribution in [3.05, 3.63) is 23.8 Å². The van der Waals surface area contributed by atoms with Crippen LogP contribution in [-0.4, -0.2) is 0 Å². The van der Waals surface area contributed by atoms with E-state index in [2.05, 4.69) is 33.4 Å². The van der Waals surface area contributed by atoms with Crippen molar-refractivity contribution in [2.24, 2.45) is 17.3 Å². The Morgan fingerprint density at radius 2 is 2.07 bits per heavy atom. The summed E-state index contributed by atoms with van der Waals surface area (Å²) >= 11 is 0. The third kappa shape index (κ3) is 2.04. The van der Waals surface area contributed by atoms with Crippen LogP contribution in [0.5, 0.6) is 0 Å². The molecule has 2 atom stereocenters. The molecule has 0 spiro atoms. The molecule has 2 rings (SSSR count). The lowest BCUT2D eigenvalue weighted by Crippen LogP contribution is -2.44. The summed E-state index contributed by atoms with van der Waals surface area (Å²) in [6.07, 6.45) is 8.90. The maximum Gasteiger partial charge on any atom is -0.0167 e. The van der Waals surface area contributed by atoms with Crippen LogP contribution in [-0.2, 0) is 0 Å². The minimum Gasteiger partial charge on any atom is -0.0996 e. The van der Waals surface area contributed by atoms with E-state index in [1.54, 1.807) is 5.57 Å². The lowest BCUT2D eigenvalue weighted by atomic mass is 9.52. The molecule has 0 bridgehead atoms. The molecule has 0 heteroatoms. The van der Waals surface area contributed by atoms with Gasteiger partial charge in [0, 0.05) is 0 Å². The normalized spacial score (nSPS) is 38.9. The van der Waals surface area contributed by atoms with Gasteiger partial charge in [0.05, 0.1) is 0 Å². The Balaban J connectivity index is 2.12. The number of hydrogen-bond acceptors (Lipinski definition) is 0. The standard InChI is InChI=1S/C15H24/c1-11-6-5-7-12(2)13-10-15(3,4)14(13)9-8-11/h6,13-14H,2,5,7-10H2,1,3-4H3/b11-6+/t13-,14-/m0/s1. The van der Waals surface area contributed by atoms with E-state index in [1.807, 2.05) is 0 Å². The summed E-state index contributed by atoms with van der Waals surface area (Å²) in [6, 6.07) is 0. The van der Waals surface area contributed by atoms with Crippen LogP contribution in [0.1, 0.15) is 52.9 Å². The van der Waals surface area contributed by atoms with Gasteiger partial charge in [0.25, 0.3) is 0 Å². The van der Waals surface area contributed by atoms with Gasteiger partial charge in [-0.15, -0.1) is 0 Å². The quantitative estimate of drug-likeness (QED) is 0.501. The molecule has 0 heterocycles. The van der Waals surface area contributed by atoms with Crippen molar-refractivity contribution < 1.29 is 0 Å². The van der Waals surface area contributed by atoms with Crippen molar-refractivity contribution >= 4 is 0 Å². The first-order valence-electron chi connectivity index (χ1n) is 6.34. The molecule has 0 nitrogen and oxygen atoms in total. The molecule has 0 unspecified atom stereocenters. The van der Waals surface area contributed by atoms with Gasteiger partial charge in [-0.25, -0.2) is 0 Å². The van der Waals surface area contributed by atoms with Crippen LogP contribution >= 0.6 is 0 Å². The van der Waals surface area contributed by atoms with Crippen LogP contribution in [0, 0.1) is 17.3 Å². The van der Waals surface area contributed by atoms with Crippen LogP contribution in [0.4, 0.5) is 0 Å². The fourth-order valence-electron chi connectivity index (χ4n) is 3.44. The molecule has 15 heavy (non-hydrogen) atoms. The SMILES string of the molecule is C=C1CC/C=C(\C)CC[C@H]2[C@H]1CC2(C)C. The molecule has 0 aliphatic heterocycles. The zero-order valence-corrected chi connectivity index (χ0v) is 10.5. The van der Waals surface area contributed by atoms with Gasteiger partial charge in [0.15, 0.2) is 0 Å². The highest BCUT2D eigenvalue weighted by Gasteiger charge is 2.47. The molecular formula is C15H24. The largest absolute Gasteiger partial charge is 0.0996 e. The predicted octanol–water partition coefficient (Wildman–Crippen LogP) is 4.73. The Morgan fingerprint density at radius 3 is 2.73 bits per heavy atom. The highest BCUT2D eigenvalue weighted by atomic mass is 14.5. The van der Waals surface area contributed by atoms with Gasteiger partial charge in [-0.05, 0) is 56.3 Å². The van der Waals surface area contributed by atoms with E-state index in [-0.39, 0.29) is 0 Å². The zero-order valence-electron chi connectivity index (χ0n) is 10.5. The van der Waals surface area contributed by atoms with Gasteiger partial charge in [0.1, 0.15) is 0 Å². The van der Waals surface area contributed by atoms with Crippen molar-refractivity contribution in [2.75, 3.05) is 0 Å². The topological polar surface area (TPSA) is 0 Å². The Bertz CT molecular complexity index is 293. The van der Waals surface area contributed by atoms with Crippen molar-refractivity contribution in [3.63, 3.8) is 0 Å². The van der Waals surface area contributed by atoms with E-state index >= 15 is 0 Å². The zero-order chi connectivity index (χ0) is 11.1. The van der Waals surface area contributed by atoms with Gasteiger partial charge in [-0.1, -0.05) is 37.6 Å². The molecule has 2 aliphatic rings. The molecule has 0 aromatic rings. The third-order valence-corrected chi connectivity index (χ3v) is 4.57. The second-order valence-corrected chi connectivity index (χ2v) is 6.19. The predicted molar refractivity (Wildman–Crippen MR) is 66.7 cm³/mol.